The largest absolute Gasteiger partial charge is 0.399 e. The molecule has 104 valence electrons. The topological polar surface area (TPSA) is 67.6 Å². The number of carbonyl (C=O) groups is 1. The van der Waals surface area contributed by atoms with Gasteiger partial charge in [-0.05, 0) is 37.6 Å². The number of hydrogen-bond acceptors (Lipinski definition) is 4. The van der Waals surface area contributed by atoms with Gasteiger partial charge in [0.2, 0.25) is 5.91 Å². The minimum atomic E-state index is -0.155. The van der Waals surface area contributed by atoms with E-state index in [4.69, 9.17) is 10.5 Å². The molecule has 2 rings (SSSR count). The molecule has 1 aromatic carbocycles. The smallest absolute Gasteiger partial charge is 0.241 e. The Labute approximate surface area is 113 Å². The number of rotatable bonds is 4. The molecule has 0 bridgehead atoms. The van der Waals surface area contributed by atoms with Crippen molar-refractivity contribution < 1.29 is 9.53 Å². The predicted octanol–water partition coefficient (Wildman–Crippen LogP) is 1.32. The molecule has 1 heterocycles. The van der Waals surface area contributed by atoms with E-state index < -0.39 is 0 Å². The van der Waals surface area contributed by atoms with Crippen LogP contribution in [-0.2, 0) is 9.53 Å². The van der Waals surface area contributed by atoms with Gasteiger partial charge in [-0.2, -0.15) is 0 Å². The number of nitrogens with zero attached hydrogens (tertiary/aromatic N) is 1. The van der Waals surface area contributed by atoms with E-state index >= 15 is 0 Å². The van der Waals surface area contributed by atoms with Crippen LogP contribution in [0.25, 0.3) is 0 Å². The summed E-state index contributed by atoms with van der Waals surface area (Å²) >= 11 is 0. The molecule has 0 spiro atoms. The third-order valence-electron chi connectivity index (χ3n) is 3.62. The maximum atomic E-state index is 12.2. The lowest BCUT2D eigenvalue weighted by molar-refractivity contribution is -0.120. The molecule has 1 amide bonds. The van der Waals surface area contributed by atoms with Crippen molar-refractivity contribution in [2.45, 2.75) is 25.5 Å². The molecule has 0 aliphatic carbocycles. The fraction of sp³-hybridized carbons (Fsp3) is 0.500. The third kappa shape index (κ3) is 3.45. The number of nitrogen functional groups attached to an aromatic ring is 1. The first-order chi connectivity index (χ1) is 9.10. The number of amides is 1. The summed E-state index contributed by atoms with van der Waals surface area (Å²) in [6, 6.07) is 7.01. The van der Waals surface area contributed by atoms with Crippen molar-refractivity contribution in [1.82, 2.24) is 4.90 Å². The van der Waals surface area contributed by atoms with Crippen LogP contribution in [0.15, 0.2) is 24.3 Å². The highest BCUT2D eigenvalue weighted by Gasteiger charge is 2.29. The van der Waals surface area contributed by atoms with E-state index in [1.807, 2.05) is 19.1 Å². The number of methoxy groups -OCH3 is 1. The van der Waals surface area contributed by atoms with Crippen LogP contribution in [-0.4, -0.2) is 43.2 Å². The number of ether oxygens (including phenoxy) is 1. The average Bonchev–Trinajstić information content (AvgIpc) is 2.89. The number of likely N-dealkylation sites (tertiary alicyclic amines) is 1. The van der Waals surface area contributed by atoms with Crippen LogP contribution >= 0.6 is 0 Å². The molecule has 1 fully saturated rings. The maximum Gasteiger partial charge on any atom is 0.241 e. The molecule has 1 aromatic rings. The Hall–Kier alpha value is -1.59. The maximum absolute atomic E-state index is 12.2. The van der Waals surface area contributed by atoms with Crippen LogP contribution in [0.5, 0.6) is 0 Å². The van der Waals surface area contributed by atoms with E-state index in [-0.39, 0.29) is 18.1 Å². The fourth-order valence-electron chi connectivity index (χ4n) is 2.28. The zero-order valence-electron chi connectivity index (χ0n) is 11.4. The summed E-state index contributed by atoms with van der Waals surface area (Å²) in [4.78, 5) is 14.3. The van der Waals surface area contributed by atoms with Crippen LogP contribution in [0.2, 0.25) is 0 Å². The lowest BCUT2D eigenvalue weighted by Crippen LogP contribution is -2.41. The Morgan fingerprint density at radius 1 is 1.47 bits per heavy atom. The standard InChI is InChI=1S/C14H21N3O2/c1-10(17-8-7-13(9-17)19-2)14(18)16-12-5-3-11(15)4-6-12/h3-6,10,13H,7-9,15H2,1-2H3,(H,16,18). The first-order valence-corrected chi connectivity index (χ1v) is 6.53. The van der Waals surface area contributed by atoms with E-state index in [1.54, 1.807) is 19.2 Å². The van der Waals surface area contributed by atoms with E-state index in [2.05, 4.69) is 10.2 Å². The highest BCUT2D eigenvalue weighted by molar-refractivity contribution is 5.94. The average molecular weight is 263 g/mol. The van der Waals surface area contributed by atoms with Crippen molar-refractivity contribution in [3.05, 3.63) is 24.3 Å². The van der Waals surface area contributed by atoms with Crippen LogP contribution in [0, 0.1) is 0 Å². The van der Waals surface area contributed by atoms with Crippen molar-refractivity contribution in [3.63, 3.8) is 0 Å². The minimum absolute atomic E-state index is 0.00141. The molecule has 19 heavy (non-hydrogen) atoms. The molecular weight excluding hydrogens is 242 g/mol. The first-order valence-electron chi connectivity index (χ1n) is 6.53. The Kier molecular flexibility index (Phi) is 4.39. The summed E-state index contributed by atoms with van der Waals surface area (Å²) in [7, 11) is 1.72. The number of anilines is 2. The van der Waals surface area contributed by atoms with Gasteiger partial charge in [0.15, 0.2) is 0 Å². The van der Waals surface area contributed by atoms with E-state index in [1.165, 1.54) is 0 Å². The second-order valence-corrected chi connectivity index (χ2v) is 4.93. The highest BCUT2D eigenvalue weighted by Crippen LogP contribution is 2.17. The zero-order chi connectivity index (χ0) is 13.8. The van der Waals surface area contributed by atoms with Crippen molar-refractivity contribution in [3.8, 4) is 0 Å². The summed E-state index contributed by atoms with van der Waals surface area (Å²) < 4.78 is 5.32. The molecule has 1 aliphatic heterocycles. The van der Waals surface area contributed by atoms with Gasteiger partial charge in [0.05, 0.1) is 12.1 Å². The molecule has 2 unspecified atom stereocenters. The van der Waals surface area contributed by atoms with E-state index in [9.17, 15) is 4.79 Å². The molecule has 5 nitrogen and oxygen atoms in total. The van der Waals surface area contributed by atoms with Gasteiger partial charge in [0, 0.05) is 31.6 Å². The van der Waals surface area contributed by atoms with Gasteiger partial charge < -0.3 is 15.8 Å². The molecule has 3 N–H and O–H groups in total. The van der Waals surface area contributed by atoms with Crippen molar-refractivity contribution in [2.24, 2.45) is 0 Å². The minimum Gasteiger partial charge on any atom is -0.399 e. The van der Waals surface area contributed by atoms with Gasteiger partial charge in [-0.25, -0.2) is 0 Å². The van der Waals surface area contributed by atoms with E-state index in [0.717, 1.165) is 25.2 Å². The molecule has 1 aliphatic rings. The second-order valence-electron chi connectivity index (χ2n) is 4.93. The molecule has 0 aromatic heterocycles. The zero-order valence-corrected chi connectivity index (χ0v) is 11.4. The van der Waals surface area contributed by atoms with Crippen LogP contribution in [0.3, 0.4) is 0 Å². The Morgan fingerprint density at radius 3 is 2.74 bits per heavy atom. The van der Waals surface area contributed by atoms with Crippen molar-refractivity contribution >= 4 is 17.3 Å². The monoisotopic (exact) mass is 263 g/mol. The third-order valence-corrected chi connectivity index (χ3v) is 3.62. The fourth-order valence-corrected chi connectivity index (χ4v) is 2.28. The van der Waals surface area contributed by atoms with Crippen LogP contribution in [0.1, 0.15) is 13.3 Å². The van der Waals surface area contributed by atoms with Gasteiger partial charge in [0.25, 0.3) is 0 Å². The summed E-state index contributed by atoms with van der Waals surface area (Å²) in [5, 5.41) is 2.90. The number of nitrogens with one attached hydrogen (secondary N) is 1. The number of benzene rings is 1. The second kappa shape index (κ2) is 6.04. The molecular formula is C14H21N3O2. The van der Waals surface area contributed by atoms with Crippen LogP contribution in [0.4, 0.5) is 11.4 Å². The molecule has 2 atom stereocenters. The van der Waals surface area contributed by atoms with Crippen molar-refractivity contribution in [2.75, 3.05) is 31.2 Å². The summed E-state index contributed by atoms with van der Waals surface area (Å²) in [5.41, 5.74) is 7.07. The Bertz CT molecular complexity index is 433. The Morgan fingerprint density at radius 2 is 2.16 bits per heavy atom. The molecule has 0 radical (unpaired) electrons. The van der Waals surface area contributed by atoms with Gasteiger partial charge in [-0.1, -0.05) is 0 Å². The SMILES string of the molecule is COC1CCN(C(C)C(=O)Nc2ccc(N)cc2)C1. The van der Waals surface area contributed by atoms with Gasteiger partial charge in [0.1, 0.15) is 0 Å². The molecule has 0 saturated carbocycles. The quantitative estimate of drug-likeness (QED) is 0.804. The molecule has 1 saturated heterocycles. The van der Waals surface area contributed by atoms with Gasteiger partial charge in [-0.3, -0.25) is 9.69 Å². The van der Waals surface area contributed by atoms with Crippen molar-refractivity contribution in [1.29, 1.82) is 0 Å². The normalized spacial score (nSPS) is 21.3. The summed E-state index contributed by atoms with van der Waals surface area (Å²) in [5.74, 6) is 0.00141. The van der Waals surface area contributed by atoms with Crippen LogP contribution < -0.4 is 11.1 Å². The van der Waals surface area contributed by atoms with Gasteiger partial charge in [-0.15, -0.1) is 0 Å². The number of carbonyl (C=O) groups excluding carboxylic acids is 1. The summed E-state index contributed by atoms with van der Waals surface area (Å²) in [6.07, 6.45) is 1.22. The highest BCUT2D eigenvalue weighted by atomic mass is 16.5. The lowest BCUT2D eigenvalue weighted by Gasteiger charge is -2.23. The number of hydrogen-bond donors (Lipinski definition) is 2. The lowest BCUT2D eigenvalue weighted by atomic mass is 10.2. The first kappa shape index (κ1) is 13.8. The number of nitrogens with two attached hydrogens (primary N) is 1. The van der Waals surface area contributed by atoms with Gasteiger partial charge >= 0.3 is 0 Å². The summed E-state index contributed by atoms with van der Waals surface area (Å²) in [6.45, 7) is 3.63. The van der Waals surface area contributed by atoms with E-state index in [0.29, 0.717) is 5.69 Å². The molecule has 5 heteroatoms. The Balaban J connectivity index is 1.91. The predicted molar refractivity (Wildman–Crippen MR) is 75.9 cm³/mol.